The number of esters is 1. The first-order valence-electron chi connectivity index (χ1n) is 7.72. The fraction of sp³-hybridized carbons (Fsp3) is 0.588. The molecule has 0 bridgehead atoms. The summed E-state index contributed by atoms with van der Waals surface area (Å²) in [5.74, 6) is -0.140. The molecular weight excluding hydrogens is 264 g/mol. The van der Waals surface area contributed by atoms with Crippen molar-refractivity contribution in [2.24, 2.45) is 0 Å². The van der Waals surface area contributed by atoms with Gasteiger partial charge in [-0.25, -0.2) is 0 Å². The molecule has 1 aliphatic heterocycles. The van der Waals surface area contributed by atoms with E-state index in [-0.39, 0.29) is 5.97 Å². The third kappa shape index (κ3) is 3.83. The van der Waals surface area contributed by atoms with Gasteiger partial charge in [-0.2, -0.15) is 0 Å². The Morgan fingerprint density at radius 3 is 2.76 bits per heavy atom. The number of likely N-dealkylation sites (tertiary alicyclic amines) is 1. The van der Waals surface area contributed by atoms with Gasteiger partial charge in [0.25, 0.3) is 0 Å². The first-order valence-corrected chi connectivity index (χ1v) is 7.72. The van der Waals surface area contributed by atoms with E-state index in [9.17, 15) is 4.79 Å². The van der Waals surface area contributed by atoms with Crippen LogP contribution in [0.1, 0.15) is 32.3 Å². The largest absolute Gasteiger partial charge is 0.468 e. The van der Waals surface area contributed by atoms with Gasteiger partial charge in [0.15, 0.2) is 0 Å². The molecule has 2 rings (SSSR count). The lowest BCUT2D eigenvalue weighted by molar-refractivity contribution is -0.148. The molecule has 0 aromatic heterocycles. The maximum absolute atomic E-state index is 12.3. The second-order valence-corrected chi connectivity index (χ2v) is 5.97. The van der Waals surface area contributed by atoms with Crippen LogP contribution < -0.4 is 5.32 Å². The molecule has 2 atom stereocenters. The molecule has 1 fully saturated rings. The van der Waals surface area contributed by atoms with E-state index in [1.54, 1.807) is 0 Å². The van der Waals surface area contributed by atoms with Crippen LogP contribution in [0.3, 0.4) is 0 Å². The lowest BCUT2D eigenvalue weighted by Crippen LogP contribution is -2.57. The highest BCUT2D eigenvalue weighted by Gasteiger charge is 2.45. The summed E-state index contributed by atoms with van der Waals surface area (Å²) in [5, 5.41) is 3.49. The van der Waals surface area contributed by atoms with Gasteiger partial charge in [0.1, 0.15) is 5.54 Å². The van der Waals surface area contributed by atoms with Crippen LogP contribution in [0.15, 0.2) is 30.3 Å². The summed E-state index contributed by atoms with van der Waals surface area (Å²) in [6.07, 6.45) is 1.80. The number of hydrogen-bond donors (Lipinski definition) is 1. The Labute approximate surface area is 127 Å². The molecule has 116 valence electrons. The SMILES string of the molecule is CCC(C)NC1(C(=O)OC)CCN(Cc2ccccc2)C1. The smallest absolute Gasteiger partial charge is 0.327 e. The Morgan fingerprint density at radius 2 is 2.14 bits per heavy atom. The van der Waals surface area contributed by atoms with E-state index in [0.717, 1.165) is 25.9 Å². The van der Waals surface area contributed by atoms with E-state index in [2.05, 4.69) is 48.3 Å². The molecule has 1 aliphatic rings. The normalized spacial score (nSPS) is 24.0. The van der Waals surface area contributed by atoms with Crippen LogP contribution in [-0.2, 0) is 16.1 Å². The maximum Gasteiger partial charge on any atom is 0.327 e. The third-order valence-corrected chi connectivity index (χ3v) is 4.31. The third-order valence-electron chi connectivity index (χ3n) is 4.31. The topological polar surface area (TPSA) is 41.6 Å². The molecule has 4 heteroatoms. The first-order chi connectivity index (χ1) is 10.1. The van der Waals surface area contributed by atoms with Gasteiger partial charge in [-0.3, -0.25) is 15.0 Å². The molecule has 0 spiro atoms. The Kier molecular flexibility index (Phi) is 5.37. The van der Waals surface area contributed by atoms with Crippen LogP contribution in [0.2, 0.25) is 0 Å². The molecule has 1 aromatic carbocycles. The Hall–Kier alpha value is -1.39. The van der Waals surface area contributed by atoms with Crippen LogP contribution in [0, 0.1) is 0 Å². The van der Waals surface area contributed by atoms with Crippen molar-refractivity contribution >= 4 is 5.97 Å². The minimum absolute atomic E-state index is 0.140. The molecule has 0 aliphatic carbocycles. The number of nitrogens with zero attached hydrogens (tertiary/aromatic N) is 1. The highest BCUT2D eigenvalue weighted by atomic mass is 16.5. The number of carbonyl (C=O) groups is 1. The van der Waals surface area contributed by atoms with E-state index in [4.69, 9.17) is 4.74 Å². The van der Waals surface area contributed by atoms with Crippen molar-refractivity contribution in [3.8, 4) is 0 Å². The van der Waals surface area contributed by atoms with Crippen LogP contribution in [-0.4, -0.2) is 42.6 Å². The zero-order valence-corrected chi connectivity index (χ0v) is 13.3. The van der Waals surface area contributed by atoms with Crippen LogP contribution in [0.4, 0.5) is 0 Å². The van der Waals surface area contributed by atoms with E-state index >= 15 is 0 Å². The molecule has 0 amide bonds. The number of ether oxygens (including phenoxy) is 1. The standard InChI is InChI=1S/C17H26N2O2/c1-4-14(2)18-17(16(20)21-3)10-11-19(13-17)12-15-8-6-5-7-9-15/h5-9,14,18H,4,10-13H2,1-3H3. The molecule has 1 N–H and O–H groups in total. The Balaban J connectivity index is 2.05. The predicted molar refractivity (Wildman–Crippen MR) is 84.0 cm³/mol. The van der Waals surface area contributed by atoms with E-state index < -0.39 is 5.54 Å². The minimum atomic E-state index is -0.557. The number of rotatable bonds is 6. The van der Waals surface area contributed by atoms with E-state index in [0.29, 0.717) is 12.6 Å². The van der Waals surface area contributed by atoms with Crippen LogP contribution in [0.5, 0.6) is 0 Å². The second kappa shape index (κ2) is 7.05. The fourth-order valence-corrected chi connectivity index (χ4v) is 2.98. The van der Waals surface area contributed by atoms with Crippen molar-refractivity contribution in [3.63, 3.8) is 0 Å². The summed E-state index contributed by atoms with van der Waals surface area (Å²) in [6.45, 7) is 6.73. The zero-order chi connectivity index (χ0) is 15.3. The van der Waals surface area contributed by atoms with Gasteiger partial charge in [-0.05, 0) is 25.3 Å². The van der Waals surface area contributed by atoms with Crippen molar-refractivity contribution in [2.75, 3.05) is 20.2 Å². The van der Waals surface area contributed by atoms with Gasteiger partial charge in [-0.15, -0.1) is 0 Å². The zero-order valence-electron chi connectivity index (χ0n) is 13.3. The summed E-state index contributed by atoms with van der Waals surface area (Å²) in [5.41, 5.74) is 0.723. The highest BCUT2D eigenvalue weighted by molar-refractivity contribution is 5.81. The number of carbonyl (C=O) groups excluding carboxylic acids is 1. The molecule has 1 heterocycles. The molecule has 21 heavy (non-hydrogen) atoms. The van der Waals surface area contributed by atoms with Gasteiger partial charge in [0.05, 0.1) is 7.11 Å². The number of methoxy groups -OCH3 is 1. The van der Waals surface area contributed by atoms with Crippen molar-refractivity contribution in [3.05, 3.63) is 35.9 Å². The summed E-state index contributed by atoms with van der Waals surface area (Å²) < 4.78 is 5.05. The van der Waals surface area contributed by atoms with Gasteiger partial charge < -0.3 is 4.74 Å². The Morgan fingerprint density at radius 1 is 1.43 bits per heavy atom. The van der Waals surface area contributed by atoms with E-state index in [1.807, 2.05) is 6.07 Å². The summed E-state index contributed by atoms with van der Waals surface area (Å²) in [7, 11) is 1.47. The molecule has 0 radical (unpaired) electrons. The summed E-state index contributed by atoms with van der Waals surface area (Å²) >= 11 is 0. The van der Waals surface area contributed by atoms with Crippen molar-refractivity contribution in [2.45, 2.75) is 44.8 Å². The number of hydrogen-bond acceptors (Lipinski definition) is 4. The molecule has 4 nitrogen and oxygen atoms in total. The van der Waals surface area contributed by atoms with Gasteiger partial charge in [0.2, 0.25) is 0 Å². The first kappa shape index (κ1) is 16.0. The molecule has 1 aromatic rings. The van der Waals surface area contributed by atoms with Crippen molar-refractivity contribution in [1.82, 2.24) is 10.2 Å². The Bertz CT molecular complexity index is 463. The van der Waals surface area contributed by atoms with Crippen LogP contribution in [0.25, 0.3) is 0 Å². The van der Waals surface area contributed by atoms with Gasteiger partial charge in [0, 0.05) is 25.7 Å². The van der Waals surface area contributed by atoms with Crippen molar-refractivity contribution in [1.29, 1.82) is 0 Å². The fourth-order valence-electron chi connectivity index (χ4n) is 2.98. The predicted octanol–water partition coefficient (Wildman–Crippen LogP) is 2.19. The lowest BCUT2D eigenvalue weighted by atomic mass is 9.97. The lowest BCUT2D eigenvalue weighted by Gasteiger charge is -2.31. The minimum Gasteiger partial charge on any atom is -0.468 e. The molecular formula is C17H26N2O2. The van der Waals surface area contributed by atoms with Gasteiger partial charge in [-0.1, -0.05) is 37.3 Å². The average Bonchev–Trinajstić information content (AvgIpc) is 2.91. The molecule has 0 saturated carbocycles. The number of nitrogens with one attached hydrogen (secondary N) is 1. The monoisotopic (exact) mass is 290 g/mol. The quantitative estimate of drug-likeness (QED) is 0.816. The van der Waals surface area contributed by atoms with Crippen molar-refractivity contribution < 1.29 is 9.53 Å². The maximum atomic E-state index is 12.3. The summed E-state index contributed by atoms with van der Waals surface area (Å²) in [6, 6.07) is 10.7. The highest BCUT2D eigenvalue weighted by Crippen LogP contribution is 2.25. The van der Waals surface area contributed by atoms with Crippen LogP contribution >= 0.6 is 0 Å². The van der Waals surface area contributed by atoms with Gasteiger partial charge >= 0.3 is 5.97 Å². The van der Waals surface area contributed by atoms with E-state index in [1.165, 1.54) is 12.7 Å². The number of benzene rings is 1. The second-order valence-electron chi connectivity index (χ2n) is 5.97. The molecule has 1 saturated heterocycles. The summed E-state index contributed by atoms with van der Waals surface area (Å²) in [4.78, 5) is 14.6. The molecule has 2 unspecified atom stereocenters. The average molecular weight is 290 g/mol.